The highest BCUT2D eigenvalue weighted by Gasteiger charge is 2.22. The van der Waals surface area contributed by atoms with Gasteiger partial charge < -0.3 is 9.63 Å². The Bertz CT molecular complexity index is 302. The third-order valence-corrected chi connectivity index (χ3v) is 2.81. The van der Waals surface area contributed by atoms with Crippen molar-refractivity contribution in [2.24, 2.45) is 0 Å². The summed E-state index contributed by atoms with van der Waals surface area (Å²) in [4.78, 5) is 2.23. The maximum Gasteiger partial charge on any atom is 0.138 e. The van der Waals surface area contributed by atoms with Crippen LogP contribution in [0, 0.1) is 13.8 Å². The predicted molar refractivity (Wildman–Crippen MR) is 51.9 cm³/mol. The molecule has 0 aromatic carbocycles. The van der Waals surface area contributed by atoms with Crippen molar-refractivity contribution in [3.8, 4) is 0 Å². The van der Waals surface area contributed by atoms with Crippen LogP contribution in [0.1, 0.15) is 23.4 Å². The Balaban J connectivity index is 2.04. The third-order valence-electron chi connectivity index (χ3n) is 2.81. The summed E-state index contributed by atoms with van der Waals surface area (Å²) in [6.07, 6.45) is 0.721. The summed E-state index contributed by atoms with van der Waals surface area (Å²) >= 11 is 0. The molecule has 2 heterocycles. The highest BCUT2D eigenvalue weighted by atomic mass is 16.5. The lowest BCUT2D eigenvalue weighted by Gasteiger charge is -2.13. The number of likely N-dealkylation sites (tertiary alicyclic amines) is 1. The van der Waals surface area contributed by atoms with Crippen LogP contribution in [0.4, 0.5) is 0 Å². The first-order valence-corrected chi connectivity index (χ1v) is 4.99. The van der Waals surface area contributed by atoms with Crippen LogP contribution in [0.5, 0.6) is 0 Å². The maximum absolute atomic E-state index is 9.39. The van der Waals surface area contributed by atoms with Crippen molar-refractivity contribution in [3.63, 3.8) is 0 Å². The first-order chi connectivity index (χ1) is 6.66. The van der Waals surface area contributed by atoms with E-state index in [2.05, 4.69) is 10.1 Å². The number of aromatic nitrogens is 1. The molecular weight excluding hydrogens is 180 g/mol. The van der Waals surface area contributed by atoms with Gasteiger partial charge in [0.1, 0.15) is 5.76 Å². The van der Waals surface area contributed by atoms with Crippen LogP contribution in [0.2, 0.25) is 0 Å². The molecule has 0 spiro atoms. The van der Waals surface area contributed by atoms with E-state index in [1.165, 1.54) is 5.56 Å². The number of nitrogens with zero attached hydrogens (tertiary/aromatic N) is 2. The highest BCUT2D eigenvalue weighted by molar-refractivity contribution is 5.20. The molecule has 1 fully saturated rings. The number of aliphatic hydroxyl groups excluding tert-OH is 1. The summed E-state index contributed by atoms with van der Waals surface area (Å²) in [5, 5.41) is 13.3. The summed E-state index contributed by atoms with van der Waals surface area (Å²) < 4.78 is 5.09. The molecule has 0 amide bonds. The van der Waals surface area contributed by atoms with Crippen molar-refractivity contribution >= 4 is 0 Å². The molecule has 0 saturated carbocycles. The van der Waals surface area contributed by atoms with Crippen LogP contribution in [-0.2, 0) is 6.54 Å². The Morgan fingerprint density at radius 2 is 2.36 bits per heavy atom. The topological polar surface area (TPSA) is 49.5 Å². The minimum atomic E-state index is -0.157. The molecule has 1 aliphatic rings. The lowest BCUT2D eigenvalue weighted by Crippen LogP contribution is -2.22. The van der Waals surface area contributed by atoms with Crippen LogP contribution in [-0.4, -0.2) is 34.4 Å². The summed E-state index contributed by atoms with van der Waals surface area (Å²) in [5.41, 5.74) is 2.13. The lowest BCUT2D eigenvalue weighted by molar-refractivity contribution is 0.174. The van der Waals surface area contributed by atoms with Crippen molar-refractivity contribution in [2.75, 3.05) is 13.1 Å². The average molecular weight is 196 g/mol. The molecule has 78 valence electrons. The van der Waals surface area contributed by atoms with Gasteiger partial charge in [-0.05, 0) is 20.3 Å². The number of hydrogen-bond acceptors (Lipinski definition) is 4. The fraction of sp³-hybridized carbons (Fsp3) is 0.700. The van der Waals surface area contributed by atoms with Gasteiger partial charge in [-0.2, -0.15) is 0 Å². The Kier molecular flexibility index (Phi) is 2.56. The van der Waals surface area contributed by atoms with Crippen molar-refractivity contribution < 1.29 is 9.63 Å². The smallest absolute Gasteiger partial charge is 0.138 e. The highest BCUT2D eigenvalue weighted by Crippen LogP contribution is 2.18. The zero-order valence-corrected chi connectivity index (χ0v) is 8.66. The quantitative estimate of drug-likeness (QED) is 0.762. The number of rotatable bonds is 2. The van der Waals surface area contributed by atoms with Gasteiger partial charge in [-0.1, -0.05) is 5.16 Å². The molecule has 1 aromatic heterocycles. The fourth-order valence-corrected chi connectivity index (χ4v) is 1.91. The Morgan fingerprint density at radius 1 is 1.57 bits per heavy atom. The summed E-state index contributed by atoms with van der Waals surface area (Å²) in [5.74, 6) is 0.892. The zero-order valence-electron chi connectivity index (χ0n) is 8.66. The van der Waals surface area contributed by atoms with Crippen molar-refractivity contribution in [3.05, 3.63) is 17.0 Å². The largest absolute Gasteiger partial charge is 0.392 e. The van der Waals surface area contributed by atoms with Crippen LogP contribution in [0.3, 0.4) is 0 Å². The van der Waals surface area contributed by atoms with Gasteiger partial charge >= 0.3 is 0 Å². The molecular formula is C10H16N2O2. The molecule has 0 aliphatic carbocycles. The second-order valence-corrected chi connectivity index (χ2v) is 3.98. The molecule has 1 aliphatic heterocycles. The summed E-state index contributed by atoms with van der Waals surface area (Å²) in [6, 6.07) is 0. The van der Waals surface area contributed by atoms with Crippen molar-refractivity contribution in [1.82, 2.24) is 10.1 Å². The monoisotopic (exact) mass is 196 g/mol. The molecule has 0 radical (unpaired) electrons. The van der Waals surface area contributed by atoms with E-state index in [1.807, 2.05) is 13.8 Å². The molecule has 4 heteroatoms. The molecule has 2 rings (SSSR count). The standard InChI is InChI=1S/C10H16N2O2/c1-7-10(8(2)14-11-7)6-12-4-3-9(13)5-12/h9,13H,3-6H2,1-2H3. The zero-order chi connectivity index (χ0) is 10.1. The van der Waals surface area contributed by atoms with E-state index < -0.39 is 0 Å². The van der Waals surface area contributed by atoms with Crippen molar-refractivity contribution in [1.29, 1.82) is 0 Å². The summed E-state index contributed by atoms with van der Waals surface area (Å²) in [6.45, 7) is 6.47. The van der Waals surface area contributed by atoms with E-state index in [-0.39, 0.29) is 6.10 Å². The van der Waals surface area contributed by atoms with Gasteiger partial charge in [0, 0.05) is 25.2 Å². The SMILES string of the molecule is Cc1noc(C)c1CN1CCC(O)C1. The van der Waals surface area contributed by atoms with E-state index in [9.17, 15) is 5.11 Å². The molecule has 4 nitrogen and oxygen atoms in total. The van der Waals surface area contributed by atoms with Crippen LogP contribution in [0.25, 0.3) is 0 Å². The van der Waals surface area contributed by atoms with Gasteiger partial charge in [0.2, 0.25) is 0 Å². The fourth-order valence-electron chi connectivity index (χ4n) is 1.91. The second kappa shape index (κ2) is 3.71. The first-order valence-electron chi connectivity index (χ1n) is 4.99. The molecule has 0 bridgehead atoms. The van der Waals surface area contributed by atoms with Gasteiger partial charge in [-0.3, -0.25) is 4.90 Å². The predicted octanol–water partition coefficient (Wildman–Crippen LogP) is 0.858. The molecule has 1 atom stereocenters. The number of aliphatic hydroxyl groups is 1. The molecule has 1 saturated heterocycles. The normalized spacial score (nSPS) is 23.2. The van der Waals surface area contributed by atoms with Gasteiger partial charge in [0.15, 0.2) is 0 Å². The second-order valence-electron chi connectivity index (χ2n) is 3.98. The van der Waals surface area contributed by atoms with E-state index in [4.69, 9.17) is 4.52 Å². The van der Waals surface area contributed by atoms with Crippen LogP contribution in [0.15, 0.2) is 4.52 Å². The maximum atomic E-state index is 9.39. The third kappa shape index (κ3) is 1.81. The van der Waals surface area contributed by atoms with Gasteiger partial charge in [0.05, 0.1) is 11.8 Å². The molecule has 1 aromatic rings. The van der Waals surface area contributed by atoms with E-state index in [0.717, 1.165) is 37.5 Å². The van der Waals surface area contributed by atoms with Gasteiger partial charge in [0.25, 0.3) is 0 Å². The van der Waals surface area contributed by atoms with E-state index >= 15 is 0 Å². The Morgan fingerprint density at radius 3 is 2.86 bits per heavy atom. The number of β-amino-alcohol motifs (C(OH)–C–C–N with tert-alkyl or cyclic N) is 1. The van der Waals surface area contributed by atoms with Gasteiger partial charge in [-0.25, -0.2) is 0 Å². The Hall–Kier alpha value is -0.870. The van der Waals surface area contributed by atoms with E-state index in [0.29, 0.717) is 0 Å². The minimum Gasteiger partial charge on any atom is -0.392 e. The van der Waals surface area contributed by atoms with Gasteiger partial charge in [-0.15, -0.1) is 0 Å². The summed E-state index contributed by atoms with van der Waals surface area (Å²) in [7, 11) is 0. The Labute approximate surface area is 83.5 Å². The van der Waals surface area contributed by atoms with Crippen molar-refractivity contribution in [2.45, 2.75) is 32.9 Å². The molecule has 1 unspecified atom stereocenters. The molecule has 14 heavy (non-hydrogen) atoms. The van der Waals surface area contributed by atoms with Crippen LogP contribution < -0.4 is 0 Å². The first kappa shape index (κ1) is 9.68. The number of aryl methyl sites for hydroxylation is 2. The minimum absolute atomic E-state index is 0.157. The molecule has 1 N–H and O–H groups in total. The lowest BCUT2D eigenvalue weighted by atomic mass is 10.2. The van der Waals surface area contributed by atoms with Crippen LogP contribution >= 0.6 is 0 Å². The van der Waals surface area contributed by atoms with E-state index in [1.54, 1.807) is 0 Å². The average Bonchev–Trinajstić information content (AvgIpc) is 2.67. The number of hydrogen-bond donors (Lipinski definition) is 1.